The fourth-order valence-electron chi connectivity index (χ4n) is 3.24. The molecule has 25 heavy (non-hydrogen) atoms. The molecule has 0 amide bonds. The lowest BCUT2D eigenvalue weighted by Crippen LogP contribution is -1.96. The monoisotopic (exact) mass is 324 g/mol. The molecule has 4 aromatic rings. The number of hydrogen-bond acceptors (Lipinski definition) is 1. The summed E-state index contributed by atoms with van der Waals surface area (Å²) in [6.45, 7) is 1.22. The van der Waals surface area contributed by atoms with E-state index < -0.39 is 0 Å². The second kappa shape index (κ2) is 7.33. The van der Waals surface area contributed by atoms with Crippen LogP contribution in [0.5, 0.6) is 0 Å². The zero-order chi connectivity index (χ0) is 16.9. The number of hydrogen-bond donors (Lipinski definition) is 0. The van der Waals surface area contributed by atoms with Crippen molar-refractivity contribution >= 4 is 27.6 Å². The van der Waals surface area contributed by atoms with E-state index in [1.165, 1.54) is 32.7 Å². The minimum atomic E-state index is 0.604. The average Bonchev–Trinajstić information content (AvgIpc) is 2.68. The Morgan fingerprint density at radius 3 is 1.96 bits per heavy atom. The molecule has 1 heteroatoms. The second-order valence-corrected chi connectivity index (χ2v) is 6.13. The van der Waals surface area contributed by atoms with E-state index in [9.17, 15) is 0 Å². The summed E-state index contributed by atoms with van der Waals surface area (Å²) in [5.41, 5.74) is 2.46. The van der Waals surface area contributed by atoms with Gasteiger partial charge in [-0.3, -0.25) is 0 Å². The molecule has 0 fully saturated rings. The Hall–Kier alpha value is -2.90. The summed E-state index contributed by atoms with van der Waals surface area (Å²) in [4.78, 5) is 0. The normalized spacial score (nSPS) is 11.5. The van der Waals surface area contributed by atoms with Crippen LogP contribution in [0.15, 0.2) is 91.0 Å². The van der Waals surface area contributed by atoms with Crippen LogP contribution in [-0.2, 0) is 11.3 Å². The van der Waals surface area contributed by atoms with Crippen LogP contribution in [-0.4, -0.2) is 6.61 Å². The van der Waals surface area contributed by atoms with Gasteiger partial charge in [-0.15, -0.1) is 0 Å². The lowest BCUT2D eigenvalue weighted by molar-refractivity contribution is 0.151. The minimum absolute atomic E-state index is 0.604. The number of ether oxygens (including phenoxy) is 1. The molecule has 0 aromatic heterocycles. The number of benzene rings is 4. The Bertz CT molecular complexity index is 962. The van der Waals surface area contributed by atoms with Crippen molar-refractivity contribution < 1.29 is 4.74 Å². The largest absolute Gasteiger partial charge is 0.373 e. The van der Waals surface area contributed by atoms with Crippen molar-refractivity contribution in [2.75, 3.05) is 6.61 Å². The Morgan fingerprint density at radius 2 is 1.28 bits per heavy atom. The lowest BCUT2D eigenvalue weighted by atomic mass is 9.97. The van der Waals surface area contributed by atoms with Crippen molar-refractivity contribution in [3.8, 4) is 0 Å². The highest BCUT2D eigenvalue weighted by Gasteiger charge is 2.07. The fraction of sp³-hybridized carbons (Fsp3) is 0.0833. The maximum Gasteiger partial charge on any atom is 0.0733 e. The van der Waals surface area contributed by atoms with Crippen molar-refractivity contribution in [2.24, 2.45) is 0 Å². The topological polar surface area (TPSA) is 9.23 Å². The number of fused-ring (bicyclic) bond motifs is 2. The fourth-order valence-corrected chi connectivity index (χ4v) is 3.24. The molecule has 0 unspecified atom stereocenters. The first kappa shape index (κ1) is 15.6. The van der Waals surface area contributed by atoms with Crippen molar-refractivity contribution in [2.45, 2.75) is 6.61 Å². The van der Waals surface area contributed by atoms with Gasteiger partial charge in [0.25, 0.3) is 0 Å². The van der Waals surface area contributed by atoms with Gasteiger partial charge in [-0.2, -0.15) is 0 Å². The minimum Gasteiger partial charge on any atom is -0.373 e. The predicted molar refractivity (Wildman–Crippen MR) is 107 cm³/mol. The summed E-state index contributed by atoms with van der Waals surface area (Å²) >= 11 is 0. The van der Waals surface area contributed by atoms with Gasteiger partial charge in [0.2, 0.25) is 0 Å². The van der Waals surface area contributed by atoms with Gasteiger partial charge in [-0.05, 0) is 38.7 Å². The van der Waals surface area contributed by atoms with E-state index in [0.717, 1.165) is 0 Å². The molecule has 0 aliphatic heterocycles. The Labute approximate surface area is 148 Å². The van der Waals surface area contributed by atoms with E-state index >= 15 is 0 Å². The van der Waals surface area contributed by atoms with E-state index in [1.807, 2.05) is 18.2 Å². The second-order valence-electron chi connectivity index (χ2n) is 6.13. The molecule has 1 nitrogen and oxygen atoms in total. The molecule has 4 aromatic carbocycles. The molecule has 0 atom stereocenters. The highest BCUT2D eigenvalue weighted by molar-refractivity contribution is 6.02. The number of rotatable bonds is 5. The van der Waals surface area contributed by atoms with Crippen LogP contribution in [0.25, 0.3) is 27.6 Å². The summed E-state index contributed by atoms with van der Waals surface area (Å²) in [6, 6.07) is 29.6. The van der Waals surface area contributed by atoms with Crippen LogP contribution < -0.4 is 0 Å². The molecule has 0 saturated heterocycles. The maximum atomic E-state index is 5.97. The quantitative estimate of drug-likeness (QED) is 0.313. The zero-order valence-corrected chi connectivity index (χ0v) is 14.1. The third-order valence-corrected chi connectivity index (χ3v) is 4.45. The van der Waals surface area contributed by atoms with Crippen molar-refractivity contribution in [3.63, 3.8) is 0 Å². The molecule has 0 bridgehead atoms. The molecule has 0 spiro atoms. The summed E-state index contributed by atoms with van der Waals surface area (Å²) in [5, 5.41) is 5.07. The highest BCUT2D eigenvalue weighted by Crippen LogP contribution is 2.28. The lowest BCUT2D eigenvalue weighted by Gasteiger charge is -2.11. The molecule has 0 N–H and O–H groups in total. The van der Waals surface area contributed by atoms with Gasteiger partial charge in [0, 0.05) is 0 Å². The first-order chi connectivity index (χ1) is 12.4. The molecule has 0 radical (unpaired) electrons. The molecular weight excluding hydrogens is 304 g/mol. The van der Waals surface area contributed by atoms with Gasteiger partial charge in [-0.25, -0.2) is 0 Å². The van der Waals surface area contributed by atoms with E-state index in [1.54, 1.807) is 0 Å². The summed E-state index contributed by atoms with van der Waals surface area (Å²) < 4.78 is 5.97. The van der Waals surface area contributed by atoms with Crippen molar-refractivity contribution in [1.29, 1.82) is 0 Å². The third kappa shape index (κ3) is 3.47. The smallest absolute Gasteiger partial charge is 0.0733 e. The van der Waals surface area contributed by atoms with Crippen LogP contribution in [0, 0.1) is 0 Å². The van der Waals surface area contributed by atoms with Crippen LogP contribution in [0.3, 0.4) is 0 Å². The molecule has 0 heterocycles. The standard InChI is InChI=1S/C24H20O/c1-2-9-19(10-3-1)11-8-16-25-18-24-22-14-6-4-12-20(22)17-21-13-5-7-15-23(21)24/h1-15,17H,16,18H2/b11-8+. The van der Waals surface area contributed by atoms with E-state index in [-0.39, 0.29) is 0 Å². The van der Waals surface area contributed by atoms with Crippen LogP contribution in [0.4, 0.5) is 0 Å². The van der Waals surface area contributed by atoms with E-state index in [4.69, 9.17) is 4.74 Å². The molecule has 4 rings (SSSR count). The van der Waals surface area contributed by atoms with Gasteiger partial charge in [0.15, 0.2) is 0 Å². The Morgan fingerprint density at radius 1 is 0.680 bits per heavy atom. The Balaban J connectivity index is 1.56. The summed E-state index contributed by atoms with van der Waals surface area (Å²) in [5.74, 6) is 0. The van der Waals surface area contributed by atoms with Gasteiger partial charge in [0.1, 0.15) is 0 Å². The maximum absolute atomic E-state index is 5.97. The zero-order valence-electron chi connectivity index (χ0n) is 14.1. The average molecular weight is 324 g/mol. The van der Waals surface area contributed by atoms with Crippen LogP contribution in [0.1, 0.15) is 11.1 Å². The van der Waals surface area contributed by atoms with Crippen molar-refractivity contribution in [1.82, 2.24) is 0 Å². The third-order valence-electron chi connectivity index (χ3n) is 4.45. The molecule has 0 aliphatic rings. The Kier molecular flexibility index (Phi) is 4.58. The first-order valence-corrected chi connectivity index (χ1v) is 8.60. The van der Waals surface area contributed by atoms with Crippen molar-refractivity contribution in [3.05, 3.63) is 102 Å². The summed E-state index contributed by atoms with van der Waals surface area (Å²) in [7, 11) is 0. The van der Waals surface area contributed by atoms with Gasteiger partial charge >= 0.3 is 0 Å². The van der Waals surface area contributed by atoms with Gasteiger partial charge in [0.05, 0.1) is 13.2 Å². The predicted octanol–water partition coefficient (Wildman–Crippen LogP) is 6.22. The summed E-state index contributed by atoms with van der Waals surface area (Å²) in [6.07, 6.45) is 4.17. The van der Waals surface area contributed by atoms with E-state index in [2.05, 4.69) is 78.9 Å². The first-order valence-electron chi connectivity index (χ1n) is 8.60. The molecular formula is C24H20O. The SMILES string of the molecule is C(=C\c1ccccc1)/COCc1c2ccccc2cc2ccccc12. The highest BCUT2D eigenvalue weighted by atomic mass is 16.5. The molecule has 0 saturated carbocycles. The van der Waals surface area contributed by atoms with Crippen LogP contribution >= 0.6 is 0 Å². The van der Waals surface area contributed by atoms with Gasteiger partial charge < -0.3 is 4.74 Å². The molecule has 122 valence electrons. The van der Waals surface area contributed by atoms with Gasteiger partial charge in [-0.1, -0.05) is 91.0 Å². The van der Waals surface area contributed by atoms with E-state index in [0.29, 0.717) is 13.2 Å². The van der Waals surface area contributed by atoms with Crippen LogP contribution in [0.2, 0.25) is 0 Å². The molecule has 0 aliphatic carbocycles.